The molecule has 2 aliphatic heterocycles. The molecule has 2 heterocycles. The molecule has 1 amide bonds. The van der Waals surface area contributed by atoms with Crippen LogP contribution in [0.15, 0.2) is 48.5 Å². The van der Waals surface area contributed by atoms with Crippen LogP contribution in [0.4, 0.5) is 0 Å². The van der Waals surface area contributed by atoms with Crippen molar-refractivity contribution in [1.29, 1.82) is 0 Å². The number of carbonyl (C=O) groups excluding carboxylic acids is 1. The fourth-order valence-corrected chi connectivity index (χ4v) is 7.01. The van der Waals surface area contributed by atoms with Crippen LogP contribution >= 0.6 is 23.5 Å². The first-order valence-corrected chi connectivity index (χ1v) is 12.8. The first-order chi connectivity index (χ1) is 14.7. The predicted molar refractivity (Wildman–Crippen MR) is 128 cm³/mol. The van der Waals surface area contributed by atoms with Crippen molar-refractivity contribution in [3.63, 3.8) is 0 Å². The predicted octanol–water partition coefficient (Wildman–Crippen LogP) is 5.13. The lowest BCUT2D eigenvalue weighted by Crippen LogP contribution is -2.40. The number of ether oxygens (including phenoxy) is 1. The van der Waals surface area contributed by atoms with E-state index in [0.29, 0.717) is 11.1 Å². The lowest BCUT2D eigenvalue weighted by atomic mass is 10.0. The summed E-state index contributed by atoms with van der Waals surface area (Å²) in [6, 6.07) is 16.6. The third-order valence-corrected chi connectivity index (χ3v) is 8.96. The molecule has 2 saturated heterocycles. The summed E-state index contributed by atoms with van der Waals surface area (Å²) in [4.78, 5) is 15.3. The van der Waals surface area contributed by atoms with Crippen molar-refractivity contribution < 1.29 is 9.53 Å². The van der Waals surface area contributed by atoms with Gasteiger partial charge in [0, 0.05) is 23.6 Å². The molecule has 1 N–H and O–H groups in total. The summed E-state index contributed by atoms with van der Waals surface area (Å²) < 4.78 is 5.83. The number of methoxy groups -OCH3 is 1. The maximum Gasteiger partial charge on any atom is 0.251 e. The summed E-state index contributed by atoms with van der Waals surface area (Å²) in [7, 11) is 1.69. The van der Waals surface area contributed by atoms with Crippen molar-refractivity contribution in [2.45, 2.75) is 29.9 Å². The van der Waals surface area contributed by atoms with Crippen LogP contribution in [-0.2, 0) is 0 Å². The Labute approximate surface area is 188 Å². The molecule has 0 bridgehead atoms. The number of hydrogen-bond donors (Lipinski definition) is 1. The third-order valence-electron chi connectivity index (χ3n) is 5.85. The number of thioether (sulfide) groups is 2. The lowest BCUT2D eigenvalue weighted by molar-refractivity contribution is 0.0924. The van der Waals surface area contributed by atoms with Gasteiger partial charge in [0.2, 0.25) is 0 Å². The summed E-state index contributed by atoms with van der Waals surface area (Å²) >= 11 is 3.98. The van der Waals surface area contributed by atoms with Crippen LogP contribution in [0.3, 0.4) is 0 Å². The molecule has 0 saturated carbocycles. The Balaban J connectivity index is 1.42. The molecule has 0 radical (unpaired) electrons. The van der Waals surface area contributed by atoms with Gasteiger partial charge in [0.15, 0.2) is 0 Å². The van der Waals surface area contributed by atoms with E-state index in [-0.39, 0.29) is 11.9 Å². The Morgan fingerprint density at radius 3 is 2.33 bits per heavy atom. The average Bonchev–Trinajstić information content (AvgIpc) is 3.35. The molecular formula is C24H30N2O2S2. The minimum atomic E-state index is 0.00352. The van der Waals surface area contributed by atoms with Gasteiger partial charge in [-0.3, -0.25) is 9.69 Å². The highest BCUT2D eigenvalue weighted by atomic mass is 32.2. The number of nitrogens with zero attached hydrogens (tertiary/aromatic N) is 1. The zero-order chi connectivity index (χ0) is 20.8. The van der Waals surface area contributed by atoms with E-state index >= 15 is 0 Å². The molecule has 0 unspecified atom stereocenters. The molecule has 30 heavy (non-hydrogen) atoms. The minimum absolute atomic E-state index is 0.00352. The Kier molecular flexibility index (Phi) is 7.63. The van der Waals surface area contributed by atoms with Gasteiger partial charge in [-0.2, -0.15) is 0 Å². The fourth-order valence-electron chi connectivity index (χ4n) is 4.15. The smallest absolute Gasteiger partial charge is 0.251 e. The van der Waals surface area contributed by atoms with Gasteiger partial charge < -0.3 is 10.1 Å². The maximum absolute atomic E-state index is 12.8. The second-order valence-electron chi connectivity index (χ2n) is 7.79. The number of piperidine rings is 1. The van der Waals surface area contributed by atoms with Crippen LogP contribution in [0, 0.1) is 0 Å². The maximum atomic E-state index is 12.8. The van der Waals surface area contributed by atoms with Gasteiger partial charge in [0.1, 0.15) is 5.75 Å². The van der Waals surface area contributed by atoms with Gasteiger partial charge in [-0.25, -0.2) is 0 Å². The van der Waals surface area contributed by atoms with Crippen LogP contribution in [0.5, 0.6) is 5.75 Å². The summed E-state index contributed by atoms with van der Waals surface area (Å²) in [6.45, 7) is 2.78. The standard InChI is InChI=1S/C24H30N2O2S2/c1-28-21-11-9-18(10-12-21)22(26-13-3-2-4-14-26)17-25-23(27)19-5-7-20(8-6-19)24-29-15-16-30-24/h5-12,22,24H,2-4,13-17H2,1H3,(H,25,27)/t22-/m0/s1. The molecule has 2 aromatic carbocycles. The van der Waals surface area contributed by atoms with Crippen LogP contribution in [0.1, 0.15) is 51.4 Å². The molecule has 0 spiro atoms. The molecule has 0 aromatic heterocycles. The molecule has 160 valence electrons. The highest BCUT2D eigenvalue weighted by molar-refractivity contribution is 8.19. The minimum Gasteiger partial charge on any atom is -0.497 e. The average molecular weight is 443 g/mol. The van der Waals surface area contributed by atoms with E-state index in [9.17, 15) is 4.79 Å². The van der Waals surface area contributed by atoms with Gasteiger partial charge in [-0.1, -0.05) is 30.7 Å². The van der Waals surface area contributed by atoms with Crippen LogP contribution in [0.25, 0.3) is 0 Å². The van der Waals surface area contributed by atoms with E-state index in [1.807, 2.05) is 47.8 Å². The van der Waals surface area contributed by atoms with Crippen molar-refractivity contribution >= 4 is 29.4 Å². The van der Waals surface area contributed by atoms with Gasteiger partial charge in [-0.05, 0) is 61.3 Å². The van der Waals surface area contributed by atoms with Crippen molar-refractivity contribution in [1.82, 2.24) is 10.2 Å². The number of likely N-dealkylation sites (tertiary alicyclic amines) is 1. The highest BCUT2D eigenvalue weighted by Crippen LogP contribution is 2.45. The monoisotopic (exact) mass is 442 g/mol. The Morgan fingerprint density at radius 1 is 1.03 bits per heavy atom. The number of hydrogen-bond acceptors (Lipinski definition) is 5. The summed E-state index contributed by atoms with van der Waals surface area (Å²) in [5.41, 5.74) is 3.27. The zero-order valence-electron chi connectivity index (χ0n) is 17.5. The Morgan fingerprint density at radius 2 is 1.70 bits per heavy atom. The lowest BCUT2D eigenvalue weighted by Gasteiger charge is -2.35. The third kappa shape index (κ3) is 5.34. The van der Waals surface area contributed by atoms with Crippen LogP contribution in [-0.4, -0.2) is 49.1 Å². The van der Waals surface area contributed by atoms with Crippen molar-refractivity contribution in [3.05, 3.63) is 65.2 Å². The van der Waals surface area contributed by atoms with E-state index < -0.39 is 0 Å². The van der Waals surface area contributed by atoms with Crippen molar-refractivity contribution in [2.24, 2.45) is 0 Å². The molecule has 1 atom stereocenters. The van der Waals surface area contributed by atoms with Crippen molar-refractivity contribution in [3.8, 4) is 5.75 Å². The number of amides is 1. The van der Waals surface area contributed by atoms with E-state index in [2.05, 4.69) is 34.5 Å². The second-order valence-corrected chi connectivity index (χ2v) is 10.5. The molecular weight excluding hydrogens is 412 g/mol. The number of rotatable bonds is 7. The second kappa shape index (κ2) is 10.6. The molecule has 4 nitrogen and oxygen atoms in total. The van der Waals surface area contributed by atoms with Gasteiger partial charge in [0.25, 0.3) is 5.91 Å². The molecule has 2 aromatic rings. The normalized spacial score (nSPS) is 18.8. The van der Waals surface area contributed by atoms with Crippen LogP contribution in [0.2, 0.25) is 0 Å². The number of nitrogens with one attached hydrogen (secondary N) is 1. The molecule has 6 heteroatoms. The van der Waals surface area contributed by atoms with E-state index in [0.717, 1.165) is 24.4 Å². The largest absolute Gasteiger partial charge is 0.497 e. The molecule has 4 rings (SSSR count). The van der Waals surface area contributed by atoms with Crippen molar-refractivity contribution in [2.75, 3.05) is 38.2 Å². The van der Waals surface area contributed by atoms with Gasteiger partial charge in [0.05, 0.1) is 17.7 Å². The van der Waals surface area contributed by atoms with E-state index in [1.165, 1.54) is 41.9 Å². The molecule has 0 aliphatic carbocycles. The number of benzene rings is 2. The SMILES string of the molecule is COc1ccc([C@H](CNC(=O)c2ccc(C3SCCS3)cc2)N2CCCCC2)cc1. The fraction of sp³-hybridized carbons (Fsp3) is 0.458. The first-order valence-electron chi connectivity index (χ1n) is 10.7. The molecule has 2 fully saturated rings. The Hall–Kier alpha value is -1.63. The first kappa shape index (κ1) is 21.6. The van der Waals surface area contributed by atoms with E-state index in [1.54, 1.807) is 7.11 Å². The van der Waals surface area contributed by atoms with E-state index in [4.69, 9.17) is 4.74 Å². The number of carbonyl (C=O) groups is 1. The Bertz CT molecular complexity index is 814. The topological polar surface area (TPSA) is 41.6 Å². The molecule has 2 aliphatic rings. The van der Waals surface area contributed by atoms with Gasteiger partial charge in [-0.15, -0.1) is 23.5 Å². The summed E-state index contributed by atoms with van der Waals surface area (Å²) in [5.74, 6) is 3.28. The highest BCUT2D eigenvalue weighted by Gasteiger charge is 2.23. The zero-order valence-corrected chi connectivity index (χ0v) is 19.1. The summed E-state index contributed by atoms with van der Waals surface area (Å²) in [5, 5.41) is 3.19. The quantitative estimate of drug-likeness (QED) is 0.644. The van der Waals surface area contributed by atoms with Gasteiger partial charge >= 0.3 is 0 Å². The summed E-state index contributed by atoms with van der Waals surface area (Å²) in [6.07, 6.45) is 3.74. The van der Waals surface area contributed by atoms with Crippen LogP contribution < -0.4 is 10.1 Å².